The third-order valence-electron chi connectivity index (χ3n) is 11.6. The summed E-state index contributed by atoms with van der Waals surface area (Å²) in [6, 6.07) is 28.8. The third kappa shape index (κ3) is 10.1. The monoisotopic (exact) mass is 711 g/mol. The van der Waals surface area contributed by atoms with Crippen LogP contribution in [0.4, 0.5) is 0 Å². The minimum atomic E-state index is 0.972. The molecule has 0 saturated carbocycles. The van der Waals surface area contributed by atoms with Crippen molar-refractivity contribution < 1.29 is 8.83 Å². The van der Waals surface area contributed by atoms with Crippen LogP contribution in [-0.2, 0) is 12.8 Å². The minimum absolute atomic E-state index is 0.972. The Morgan fingerprint density at radius 3 is 1.26 bits per heavy atom. The maximum Gasteiger partial charge on any atom is 0.143 e. The highest BCUT2D eigenvalue weighted by molar-refractivity contribution is 6.20. The lowest BCUT2D eigenvalue weighted by Crippen LogP contribution is -1.88. The minimum Gasteiger partial charge on any atom is -0.460 e. The average Bonchev–Trinajstić information content (AvgIpc) is 3.74. The standard InChI is InChI=1S/C51H66O2/c1-4-6-8-10-12-14-16-18-20-28-34-45-48(40-30-24-22-25-31-40)43-37-36-42-47(51(43)53-45)39(3)38-44-49(41-32-26-23-27-33-41)46(52-50(42)44)35-29-21-19-17-15-13-11-9-7-5-2/h22-27,30-33,36-38H,4-21,28-29,34-35H2,1-3H3. The van der Waals surface area contributed by atoms with Gasteiger partial charge in [-0.15, -0.1) is 0 Å². The molecule has 4 aromatic carbocycles. The van der Waals surface area contributed by atoms with E-state index in [0.717, 1.165) is 53.8 Å². The Balaban J connectivity index is 1.25. The summed E-state index contributed by atoms with van der Waals surface area (Å²) < 4.78 is 14.0. The molecule has 0 saturated heterocycles. The van der Waals surface area contributed by atoms with Crippen LogP contribution in [0.1, 0.15) is 159 Å². The molecule has 0 aliphatic heterocycles. The molecule has 0 spiro atoms. The number of unbranched alkanes of at least 4 members (excludes halogenated alkanes) is 18. The Morgan fingerprint density at radius 1 is 0.396 bits per heavy atom. The van der Waals surface area contributed by atoms with E-state index in [-0.39, 0.29) is 0 Å². The van der Waals surface area contributed by atoms with Crippen molar-refractivity contribution in [3.05, 3.63) is 95.9 Å². The van der Waals surface area contributed by atoms with Gasteiger partial charge in [0.2, 0.25) is 0 Å². The molecule has 0 radical (unpaired) electrons. The van der Waals surface area contributed by atoms with E-state index in [0.29, 0.717) is 0 Å². The molecule has 0 atom stereocenters. The van der Waals surface area contributed by atoms with Crippen LogP contribution in [0.15, 0.2) is 87.7 Å². The number of fused-ring (bicyclic) bond motifs is 5. The van der Waals surface area contributed by atoms with Gasteiger partial charge in [-0.25, -0.2) is 0 Å². The summed E-state index contributed by atoms with van der Waals surface area (Å²) >= 11 is 0. The predicted octanol–water partition coefficient (Wildman–Crippen LogP) is 16.9. The Hall–Kier alpha value is -3.78. The molecule has 0 unspecified atom stereocenters. The fourth-order valence-corrected chi connectivity index (χ4v) is 8.65. The Bertz CT molecular complexity index is 1940. The highest BCUT2D eigenvalue weighted by atomic mass is 16.3. The van der Waals surface area contributed by atoms with Gasteiger partial charge in [0.05, 0.1) is 0 Å². The molecule has 2 heteroatoms. The first-order valence-corrected chi connectivity index (χ1v) is 21.7. The van der Waals surface area contributed by atoms with Crippen LogP contribution >= 0.6 is 0 Å². The molecule has 0 aliphatic rings. The zero-order valence-corrected chi connectivity index (χ0v) is 33.4. The molecule has 0 fully saturated rings. The topological polar surface area (TPSA) is 26.3 Å². The average molecular weight is 711 g/mol. The number of hydrogen-bond donors (Lipinski definition) is 0. The second-order valence-corrected chi connectivity index (χ2v) is 15.8. The molecule has 2 aromatic heterocycles. The lowest BCUT2D eigenvalue weighted by molar-refractivity contribution is 0.517. The maximum absolute atomic E-state index is 7.00. The molecular weight excluding hydrogens is 645 g/mol. The highest BCUT2D eigenvalue weighted by Crippen LogP contribution is 2.45. The van der Waals surface area contributed by atoms with Gasteiger partial charge in [0.15, 0.2) is 0 Å². The van der Waals surface area contributed by atoms with Crippen LogP contribution in [0, 0.1) is 6.92 Å². The fourth-order valence-electron chi connectivity index (χ4n) is 8.65. The van der Waals surface area contributed by atoms with Crippen LogP contribution in [0.25, 0.3) is 55.0 Å². The van der Waals surface area contributed by atoms with Crippen molar-refractivity contribution in [2.45, 2.75) is 162 Å². The molecule has 0 amide bonds. The fraction of sp³-hybridized carbons (Fsp3) is 0.490. The van der Waals surface area contributed by atoms with Gasteiger partial charge in [-0.1, -0.05) is 190 Å². The van der Waals surface area contributed by atoms with Crippen molar-refractivity contribution in [2.24, 2.45) is 0 Å². The zero-order chi connectivity index (χ0) is 36.7. The Morgan fingerprint density at radius 2 is 0.792 bits per heavy atom. The lowest BCUT2D eigenvalue weighted by Gasteiger charge is -2.07. The largest absolute Gasteiger partial charge is 0.460 e. The first-order valence-electron chi connectivity index (χ1n) is 21.7. The second kappa shape index (κ2) is 20.6. The molecular formula is C51H66O2. The van der Waals surface area contributed by atoms with Crippen LogP contribution in [0.2, 0.25) is 0 Å². The van der Waals surface area contributed by atoms with Gasteiger partial charge in [-0.3, -0.25) is 0 Å². The summed E-state index contributed by atoms with van der Waals surface area (Å²) in [6.45, 7) is 6.85. The van der Waals surface area contributed by atoms with Crippen LogP contribution in [0.3, 0.4) is 0 Å². The van der Waals surface area contributed by atoms with Crippen molar-refractivity contribution in [3.63, 3.8) is 0 Å². The van der Waals surface area contributed by atoms with Gasteiger partial charge in [-0.2, -0.15) is 0 Å². The summed E-state index contributed by atoms with van der Waals surface area (Å²) in [6.07, 6.45) is 28.7. The van der Waals surface area contributed by atoms with Gasteiger partial charge in [-0.05, 0) is 54.7 Å². The van der Waals surface area contributed by atoms with E-state index < -0.39 is 0 Å². The number of hydrogen-bond acceptors (Lipinski definition) is 2. The molecule has 2 heterocycles. The van der Waals surface area contributed by atoms with E-state index in [1.807, 2.05) is 0 Å². The maximum atomic E-state index is 7.00. The van der Waals surface area contributed by atoms with Crippen molar-refractivity contribution in [2.75, 3.05) is 0 Å². The van der Waals surface area contributed by atoms with E-state index >= 15 is 0 Å². The number of rotatable bonds is 24. The van der Waals surface area contributed by atoms with Crippen LogP contribution in [-0.4, -0.2) is 0 Å². The summed E-state index contributed by atoms with van der Waals surface area (Å²) in [5, 5.41) is 4.80. The predicted molar refractivity (Wildman–Crippen MR) is 230 cm³/mol. The summed E-state index contributed by atoms with van der Waals surface area (Å²) in [7, 11) is 0. The number of benzene rings is 4. The van der Waals surface area contributed by atoms with Gasteiger partial charge < -0.3 is 8.83 Å². The van der Waals surface area contributed by atoms with Gasteiger partial charge in [0.1, 0.15) is 22.7 Å². The van der Waals surface area contributed by atoms with Crippen LogP contribution in [0.5, 0.6) is 0 Å². The van der Waals surface area contributed by atoms with E-state index in [4.69, 9.17) is 8.83 Å². The normalized spacial score (nSPS) is 11.8. The summed E-state index contributed by atoms with van der Waals surface area (Å²) in [5.41, 5.74) is 8.29. The van der Waals surface area contributed by atoms with E-state index in [1.54, 1.807) is 0 Å². The lowest BCUT2D eigenvalue weighted by atomic mass is 9.93. The van der Waals surface area contributed by atoms with Crippen molar-refractivity contribution in [3.8, 4) is 22.3 Å². The first-order chi connectivity index (χ1) is 26.2. The highest BCUT2D eigenvalue weighted by Gasteiger charge is 2.23. The third-order valence-corrected chi connectivity index (χ3v) is 11.6. The molecule has 0 N–H and O–H groups in total. The van der Waals surface area contributed by atoms with Crippen molar-refractivity contribution >= 4 is 32.7 Å². The van der Waals surface area contributed by atoms with Gasteiger partial charge in [0.25, 0.3) is 0 Å². The van der Waals surface area contributed by atoms with E-state index in [2.05, 4.69) is 99.6 Å². The SMILES string of the molecule is CCCCCCCCCCCCc1oc2c(cc(C)c3c2ccc2c(-c4ccccc4)c(CCCCCCCCCCCC)oc23)c1-c1ccccc1. The molecule has 0 aliphatic carbocycles. The smallest absolute Gasteiger partial charge is 0.143 e. The molecule has 2 nitrogen and oxygen atoms in total. The Kier molecular flexibility index (Phi) is 15.1. The molecule has 6 aromatic rings. The summed E-state index contributed by atoms with van der Waals surface area (Å²) in [5.74, 6) is 2.26. The van der Waals surface area contributed by atoms with E-state index in [1.165, 1.54) is 160 Å². The van der Waals surface area contributed by atoms with Crippen molar-refractivity contribution in [1.82, 2.24) is 0 Å². The van der Waals surface area contributed by atoms with E-state index in [9.17, 15) is 0 Å². The van der Waals surface area contributed by atoms with Gasteiger partial charge >= 0.3 is 0 Å². The molecule has 53 heavy (non-hydrogen) atoms. The van der Waals surface area contributed by atoms with Crippen molar-refractivity contribution in [1.29, 1.82) is 0 Å². The molecule has 0 bridgehead atoms. The molecule has 6 rings (SSSR count). The quantitative estimate of drug-likeness (QED) is 0.0585. The van der Waals surface area contributed by atoms with Crippen LogP contribution < -0.4 is 0 Å². The molecule has 282 valence electrons. The summed E-state index contributed by atoms with van der Waals surface area (Å²) in [4.78, 5) is 0. The first kappa shape index (κ1) is 38.9. The zero-order valence-electron chi connectivity index (χ0n) is 33.4. The number of furan rings is 2. The Labute approximate surface area is 320 Å². The second-order valence-electron chi connectivity index (χ2n) is 15.8. The number of aryl methyl sites for hydroxylation is 3. The van der Waals surface area contributed by atoms with Gasteiger partial charge in [0, 0.05) is 45.5 Å².